The zero-order valence-electron chi connectivity index (χ0n) is 14.4. The summed E-state index contributed by atoms with van der Waals surface area (Å²) >= 11 is 6.80. The third-order valence-corrected chi connectivity index (χ3v) is 5.69. The van der Waals surface area contributed by atoms with Crippen molar-refractivity contribution < 1.29 is 4.79 Å². The van der Waals surface area contributed by atoms with Crippen molar-refractivity contribution in [2.24, 2.45) is 5.92 Å². The highest BCUT2D eigenvalue weighted by Gasteiger charge is 2.24. The number of fused-ring (bicyclic) bond motifs is 1. The van der Waals surface area contributed by atoms with Gasteiger partial charge in [0, 0.05) is 11.0 Å². The lowest BCUT2D eigenvalue weighted by atomic mass is 9.89. The number of hydrogen-bond donors (Lipinski definition) is 2. The second-order valence-electron chi connectivity index (χ2n) is 6.36. The number of nitrogens with one attached hydrogen (secondary N) is 2. The molecule has 1 amide bonds. The van der Waals surface area contributed by atoms with Crippen molar-refractivity contribution in [2.45, 2.75) is 26.2 Å². The van der Waals surface area contributed by atoms with Gasteiger partial charge < -0.3 is 5.32 Å². The lowest BCUT2D eigenvalue weighted by Crippen LogP contribution is -2.32. The molecular weight excluding hydrogens is 362 g/mol. The van der Waals surface area contributed by atoms with Crippen LogP contribution in [0.25, 0.3) is 6.08 Å². The Morgan fingerprint density at radius 1 is 1.38 bits per heavy atom. The first-order valence-electron chi connectivity index (χ1n) is 8.46. The summed E-state index contributed by atoms with van der Waals surface area (Å²) < 4.78 is 0. The molecule has 2 aromatic rings. The van der Waals surface area contributed by atoms with Gasteiger partial charge >= 0.3 is 0 Å². The molecule has 0 radical (unpaired) electrons. The Bertz CT molecular complexity index is 894. The van der Waals surface area contributed by atoms with Crippen molar-refractivity contribution in [3.8, 4) is 6.07 Å². The zero-order chi connectivity index (χ0) is 18.5. The highest BCUT2D eigenvalue weighted by molar-refractivity contribution is 7.80. The molecule has 1 heterocycles. The Balaban J connectivity index is 1.64. The fourth-order valence-corrected chi connectivity index (χ4v) is 4.61. The van der Waals surface area contributed by atoms with E-state index in [0.717, 1.165) is 35.4 Å². The average Bonchev–Trinajstić information content (AvgIpc) is 2.96. The molecule has 1 aliphatic rings. The fraction of sp³-hybridized carbons (Fsp3) is 0.250. The summed E-state index contributed by atoms with van der Waals surface area (Å²) in [5.74, 6) is 0.329. The Labute approximate surface area is 162 Å². The monoisotopic (exact) mass is 381 g/mol. The third-order valence-electron chi connectivity index (χ3n) is 4.31. The molecule has 1 aromatic heterocycles. The van der Waals surface area contributed by atoms with Crippen molar-refractivity contribution >= 4 is 45.7 Å². The SMILES string of the molecule is CC1CCc2c(sc(NC(=S)NC(=O)/C=C/c3ccccc3)c2C#N)C1. The molecule has 3 rings (SSSR count). The number of rotatable bonds is 3. The Kier molecular flexibility index (Phi) is 5.82. The molecule has 1 unspecified atom stereocenters. The zero-order valence-corrected chi connectivity index (χ0v) is 16.0. The topological polar surface area (TPSA) is 64.9 Å². The maximum atomic E-state index is 12.0. The van der Waals surface area contributed by atoms with Gasteiger partial charge in [-0.1, -0.05) is 37.3 Å². The molecule has 0 saturated carbocycles. The first-order chi connectivity index (χ1) is 12.6. The van der Waals surface area contributed by atoms with E-state index in [9.17, 15) is 10.1 Å². The summed E-state index contributed by atoms with van der Waals surface area (Å²) in [5.41, 5.74) is 2.73. The number of thiophene rings is 1. The van der Waals surface area contributed by atoms with Crippen LogP contribution in [0.2, 0.25) is 0 Å². The minimum absolute atomic E-state index is 0.204. The van der Waals surface area contributed by atoms with Gasteiger partial charge in [0.15, 0.2) is 5.11 Å². The lowest BCUT2D eigenvalue weighted by molar-refractivity contribution is -0.115. The first-order valence-corrected chi connectivity index (χ1v) is 9.69. The largest absolute Gasteiger partial charge is 0.323 e. The van der Waals surface area contributed by atoms with E-state index in [0.29, 0.717) is 11.5 Å². The summed E-state index contributed by atoms with van der Waals surface area (Å²) in [7, 11) is 0. The van der Waals surface area contributed by atoms with Gasteiger partial charge in [-0.3, -0.25) is 10.1 Å². The molecule has 1 aromatic carbocycles. The van der Waals surface area contributed by atoms with Crippen molar-refractivity contribution in [2.75, 3.05) is 5.32 Å². The molecule has 6 heteroatoms. The second-order valence-corrected chi connectivity index (χ2v) is 7.87. The number of nitriles is 1. The van der Waals surface area contributed by atoms with E-state index in [1.54, 1.807) is 17.4 Å². The number of benzene rings is 1. The number of anilines is 1. The van der Waals surface area contributed by atoms with Crippen molar-refractivity contribution in [3.63, 3.8) is 0 Å². The van der Waals surface area contributed by atoms with Crippen LogP contribution in [0.1, 0.15) is 34.9 Å². The summed E-state index contributed by atoms with van der Waals surface area (Å²) in [6, 6.07) is 11.9. The average molecular weight is 382 g/mol. The first kappa shape index (κ1) is 18.3. The Hall–Kier alpha value is -2.49. The van der Waals surface area contributed by atoms with Crippen LogP contribution in [-0.4, -0.2) is 11.0 Å². The van der Waals surface area contributed by atoms with Crippen LogP contribution in [0.3, 0.4) is 0 Å². The molecule has 2 N–H and O–H groups in total. The summed E-state index contributed by atoms with van der Waals surface area (Å²) in [6.07, 6.45) is 6.19. The molecule has 1 atom stereocenters. The standard InChI is InChI=1S/C20H19N3OS2/c1-13-7-9-15-16(12-21)19(26-17(15)11-13)23-20(25)22-18(24)10-8-14-5-3-2-4-6-14/h2-6,8,10,13H,7,9,11H2,1H3,(H2,22,23,24,25)/b10-8+. The summed E-state index contributed by atoms with van der Waals surface area (Å²) in [5, 5.41) is 16.1. The molecular formula is C20H19N3OS2. The minimum Gasteiger partial charge on any atom is -0.323 e. The van der Waals surface area contributed by atoms with Gasteiger partial charge in [-0.25, -0.2) is 0 Å². The molecule has 0 saturated heterocycles. The van der Waals surface area contributed by atoms with E-state index in [-0.39, 0.29) is 11.0 Å². The van der Waals surface area contributed by atoms with E-state index in [4.69, 9.17) is 12.2 Å². The van der Waals surface area contributed by atoms with Crippen molar-refractivity contribution in [1.82, 2.24) is 5.32 Å². The van der Waals surface area contributed by atoms with Gasteiger partial charge in [0.2, 0.25) is 5.91 Å². The highest BCUT2D eigenvalue weighted by atomic mass is 32.1. The third kappa shape index (κ3) is 4.37. The second kappa shape index (κ2) is 8.26. The molecule has 4 nitrogen and oxygen atoms in total. The maximum Gasteiger partial charge on any atom is 0.250 e. The van der Waals surface area contributed by atoms with Crippen LogP contribution in [0.4, 0.5) is 5.00 Å². The fourth-order valence-electron chi connectivity index (χ4n) is 2.98. The predicted molar refractivity (Wildman–Crippen MR) is 110 cm³/mol. The van der Waals surface area contributed by atoms with Crippen LogP contribution in [-0.2, 0) is 17.6 Å². The smallest absolute Gasteiger partial charge is 0.250 e. The molecule has 26 heavy (non-hydrogen) atoms. The van der Waals surface area contributed by atoms with Gasteiger partial charge in [0.25, 0.3) is 0 Å². The van der Waals surface area contributed by atoms with Crippen LogP contribution < -0.4 is 10.6 Å². The normalized spacial score (nSPS) is 15.9. The van der Waals surface area contributed by atoms with Crippen LogP contribution >= 0.6 is 23.6 Å². The van der Waals surface area contributed by atoms with Crippen molar-refractivity contribution in [1.29, 1.82) is 5.26 Å². The molecule has 0 fully saturated rings. The summed E-state index contributed by atoms with van der Waals surface area (Å²) in [4.78, 5) is 13.3. The number of carbonyl (C=O) groups excluding carboxylic acids is 1. The van der Waals surface area contributed by atoms with Crippen molar-refractivity contribution in [3.05, 3.63) is 58.0 Å². The minimum atomic E-state index is -0.306. The number of thiocarbonyl (C=S) groups is 1. The quantitative estimate of drug-likeness (QED) is 0.615. The Morgan fingerprint density at radius 3 is 2.88 bits per heavy atom. The predicted octanol–water partition coefficient (Wildman–Crippen LogP) is 4.27. The number of nitrogens with zero attached hydrogens (tertiary/aromatic N) is 1. The number of hydrogen-bond acceptors (Lipinski definition) is 4. The summed E-state index contributed by atoms with van der Waals surface area (Å²) in [6.45, 7) is 2.23. The Morgan fingerprint density at radius 2 is 2.15 bits per heavy atom. The van der Waals surface area contributed by atoms with E-state index >= 15 is 0 Å². The van der Waals surface area contributed by atoms with Gasteiger partial charge in [-0.15, -0.1) is 11.3 Å². The highest BCUT2D eigenvalue weighted by Crippen LogP contribution is 2.39. The van der Waals surface area contributed by atoms with E-state index in [2.05, 4.69) is 23.6 Å². The van der Waals surface area contributed by atoms with Gasteiger partial charge in [0.1, 0.15) is 11.1 Å². The molecule has 0 spiro atoms. The van der Waals surface area contributed by atoms with Gasteiger partial charge in [-0.05, 0) is 54.6 Å². The molecule has 132 valence electrons. The number of carbonyl (C=O) groups is 1. The van der Waals surface area contributed by atoms with E-state index in [1.807, 2.05) is 30.3 Å². The molecule has 0 aliphatic heterocycles. The maximum absolute atomic E-state index is 12.0. The lowest BCUT2D eigenvalue weighted by Gasteiger charge is -2.17. The van der Waals surface area contributed by atoms with E-state index < -0.39 is 0 Å². The van der Waals surface area contributed by atoms with Crippen LogP contribution in [0.15, 0.2) is 36.4 Å². The van der Waals surface area contributed by atoms with Gasteiger partial charge in [-0.2, -0.15) is 5.26 Å². The number of amides is 1. The van der Waals surface area contributed by atoms with Gasteiger partial charge in [0.05, 0.1) is 5.56 Å². The molecule has 1 aliphatic carbocycles. The van der Waals surface area contributed by atoms with Crippen LogP contribution in [0, 0.1) is 17.2 Å². The van der Waals surface area contributed by atoms with Crippen LogP contribution in [0.5, 0.6) is 0 Å². The van der Waals surface area contributed by atoms with E-state index in [1.165, 1.54) is 11.0 Å². The molecule has 0 bridgehead atoms.